The first-order valence-electron chi connectivity index (χ1n) is 5.20. The second-order valence-corrected chi connectivity index (χ2v) is 4.22. The van der Waals surface area contributed by atoms with Gasteiger partial charge in [0.2, 0.25) is 0 Å². The highest BCUT2D eigenvalue weighted by Gasteiger charge is 2.25. The molecule has 0 amide bonds. The van der Waals surface area contributed by atoms with Gasteiger partial charge in [0.25, 0.3) is 0 Å². The Bertz CT molecular complexity index is 167. The third-order valence-electron chi connectivity index (χ3n) is 2.88. The number of aliphatic hydroxyl groups excluding tert-OH is 1. The van der Waals surface area contributed by atoms with E-state index in [0.29, 0.717) is 18.4 Å². The summed E-state index contributed by atoms with van der Waals surface area (Å²) >= 11 is 0. The second-order valence-electron chi connectivity index (χ2n) is 4.22. The Kier molecular flexibility index (Phi) is 4.46. The molecule has 0 aromatic heterocycles. The summed E-state index contributed by atoms with van der Waals surface area (Å²) in [5, 5.41) is 12.5. The first-order chi connectivity index (χ1) is 6.24. The fourth-order valence-electron chi connectivity index (χ4n) is 2.09. The van der Waals surface area contributed by atoms with Crippen molar-refractivity contribution in [1.29, 1.82) is 0 Å². The van der Waals surface area contributed by atoms with E-state index >= 15 is 0 Å². The van der Waals surface area contributed by atoms with Crippen LogP contribution in [-0.2, 0) is 0 Å². The molecule has 1 rings (SSSR count). The third-order valence-corrected chi connectivity index (χ3v) is 2.88. The van der Waals surface area contributed by atoms with Gasteiger partial charge in [-0.2, -0.15) is 0 Å². The van der Waals surface area contributed by atoms with Gasteiger partial charge in [0.05, 0.1) is 0 Å². The Balaban J connectivity index is 2.16. The van der Waals surface area contributed by atoms with Crippen LogP contribution in [0.25, 0.3) is 0 Å². The summed E-state index contributed by atoms with van der Waals surface area (Å²) < 4.78 is 0. The first-order valence-corrected chi connectivity index (χ1v) is 5.20. The lowest BCUT2D eigenvalue weighted by atomic mass is 9.97. The molecular weight excluding hydrogens is 162 g/mol. The molecule has 2 unspecified atom stereocenters. The number of hydrogen-bond acceptors (Lipinski definition) is 2. The van der Waals surface area contributed by atoms with E-state index in [1.165, 1.54) is 24.8 Å². The summed E-state index contributed by atoms with van der Waals surface area (Å²) in [4.78, 5) is 0. The Labute approximate surface area is 81.0 Å². The van der Waals surface area contributed by atoms with Gasteiger partial charge < -0.3 is 10.4 Å². The predicted molar refractivity (Wildman–Crippen MR) is 55.6 cm³/mol. The molecule has 1 aliphatic carbocycles. The van der Waals surface area contributed by atoms with E-state index < -0.39 is 0 Å². The Morgan fingerprint density at radius 2 is 2.15 bits per heavy atom. The van der Waals surface area contributed by atoms with Gasteiger partial charge >= 0.3 is 0 Å². The molecule has 1 aliphatic rings. The van der Waals surface area contributed by atoms with Crippen LogP contribution in [0, 0.1) is 11.8 Å². The van der Waals surface area contributed by atoms with Crippen molar-refractivity contribution in [3.63, 3.8) is 0 Å². The second kappa shape index (κ2) is 5.40. The van der Waals surface area contributed by atoms with Crippen LogP contribution < -0.4 is 5.32 Å². The summed E-state index contributed by atoms with van der Waals surface area (Å²) in [6.07, 6.45) is 3.76. The van der Waals surface area contributed by atoms with Crippen molar-refractivity contribution in [2.45, 2.75) is 26.2 Å². The minimum atomic E-state index is 0.361. The fourth-order valence-corrected chi connectivity index (χ4v) is 2.09. The Morgan fingerprint density at radius 3 is 2.77 bits per heavy atom. The normalized spacial score (nSPS) is 27.8. The standard InChI is InChI=1S/C11H21NO/c1-9(2)6-12-7-10-4-3-5-11(10)8-13/h10-13H,1,3-8H2,2H3. The van der Waals surface area contributed by atoms with E-state index in [0.717, 1.165) is 13.1 Å². The SMILES string of the molecule is C=C(C)CNCC1CCCC1CO. The molecule has 0 aromatic rings. The van der Waals surface area contributed by atoms with Crippen molar-refractivity contribution in [3.05, 3.63) is 12.2 Å². The largest absolute Gasteiger partial charge is 0.396 e. The first kappa shape index (κ1) is 10.7. The third kappa shape index (κ3) is 3.49. The maximum atomic E-state index is 9.10. The fraction of sp³-hybridized carbons (Fsp3) is 0.818. The van der Waals surface area contributed by atoms with Crippen LogP contribution in [0.3, 0.4) is 0 Å². The van der Waals surface area contributed by atoms with E-state index in [2.05, 4.69) is 11.9 Å². The zero-order valence-electron chi connectivity index (χ0n) is 8.55. The van der Waals surface area contributed by atoms with Crippen molar-refractivity contribution < 1.29 is 5.11 Å². The van der Waals surface area contributed by atoms with Crippen LogP contribution >= 0.6 is 0 Å². The molecule has 0 heterocycles. The number of hydrogen-bond donors (Lipinski definition) is 2. The zero-order chi connectivity index (χ0) is 9.68. The molecule has 0 aliphatic heterocycles. The molecular formula is C11H21NO. The minimum Gasteiger partial charge on any atom is -0.396 e. The number of nitrogens with one attached hydrogen (secondary N) is 1. The summed E-state index contributed by atoms with van der Waals surface area (Å²) in [5.41, 5.74) is 1.18. The Morgan fingerprint density at radius 1 is 1.46 bits per heavy atom. The monoisotopic (exact) mass is 183 g/mol. The molecule has 13 heavy (non-hydrogen) atoms. The van der Waals surface area contributed by atoms with E-state index in [1.54, 1.807) is 0 Å². The lowest BCUT2D eigenvalue weighted by molar-refractivity contribution is 0.193. The van der Waals surface area contributed by atoms with Gasteiger partial charge in [-0.05, 0) is 38.1 Å². The molecule has 2 nitrogen and oxygen atoms in total. The number of rotatable bonds is 5. The lowest BCUT2D eigenvalue weighted by Gasteiger charge is -2.17. The molecule has 2 N–H and O–H groups in total. The van der Waals surface area contributed by atoms with E-state index in [4.69, 9.17) is 5.11 Å². The van der Waals surface area contributed by atoms with E-state index in [1.807, 2.05) is 6.92 Å². The topological polar surface area (TPSA) is 32.3 Å². The molecule has 0 spiro atoms. The quantitative estimate of drug-likeness (QED) is 0.634. The summed E-state index contributed by atoms with van der Waals surface area (Å²) in [6.45, 7) is 8.19. The smallest absolute Gasteiger partial charge is 0.0462 e. The van der Waals surface area contributed by atoms with Crippen LogP contribution in [0.4, 0.5) is 0 Å². The maximum absolute atomic E-state index is 9.10. The summed E-state index contributed by atoms with van der Waals surface area (Å²) in [5.74, 6) is 1.22. The van der Waals surface area contributed by atoms with Crippen LogP contribution in [0.1, 0.15) is 26.2 Å². The zero-order valence-corrected chi connectivity index (χ0v) is 8.55. The summed E-state index contributed by atoms with van der Waals surface area (Å²) in [7, 11) is 0. The number of aliphatic hydroxyl groups is 1. The lowest BCUT2D eigenvalue weighted by Crippen LogP contribution is -2.27. The van der Waals surface area contributed by atoms with Gasteiger partial charge in [-0.25, -0.2) is 0 Å². The van der Waals surface area contributed by atoms with Gasteiger partial charge in [0.1, 0.15) is 0 Å². The summed E-state index contributed by atoms with van der Waals surface area (Å²) in [6, 6.07) is 0. The molecule has 0 bridgehead atoms. The molecule has 1 fully saturated rings. The van der Waals surface area contributed by atoms with Gasteiger partial charge in [-0.1, -0.05) is 18.6 Å². The van der Waals surface area contributed by atoms with E-state index in [9.17, 15) is 0 Å². The maximum Gasteiger partial charge on any atom is 0.0462 e. The average molecular weight is 183 g/mol. The van der Waals surface area contributed by atoms with Crippen LogP contribution in [0.5, 0.6) is 0 Å². The molecule has 76 valence electrons. The average Bonchev–Trinajstić information content (AvgIpc) is 2.51. The predicted octanol–water partition coefficient (Wildman–Crippen LogP) is 1.56. The molecule has 0 aromatic carbocycles. The molecule has 2 atom stereocenters. The highest BCUT2D eigenvalue weighted by Crippen LogP contribution is 2.30. The van der Waals surface area contributed by atoms with Crippen molar-refractivity contribution in [2.24, 2.45) is 11.8 Å². The Hall–Kier alpha value is -0.340. The van der Waals surface area contributed by atoms with Crippen molar-refractivity contribution >= 4 is 0 Å². The minimum absolute atomic E-state index is 0.361. The van der Waals surface area contributed by atoms with Crippen molar-refractivity contribution in [3.8, 4) is 0 Å². The highest BCUT2D eigenvalue weighted by molar-refractivity contribution is 4.91. The van der Waals surface area contributed by atoms with E-state index in [-0.39, 0.29) is 0 Å². The van der Waals surface area contributed by atoms with Crippen molar-refractivity contribution in [1.82, 2.24) is 5.32 Å². The molecule has 1 saturated carbocycles. The molecule has 0 radical (unpaired) electrons. The van der Waals surface area contributed by atoms with Crippen molar-refractivity contribution in [2.75, 3.05) is 19.7 Å². The molecule has 2 heteroatoms. The van der Waals surface area contributed by atoms with Crippen LogP contribution in [0.15, 0.2) is 12.2 Å². The highest BCUT2D eigenvalue weighted by atomic mass is 16.3. The van der Waals surface area contributed by atoms with Gasteiger partial charge in [-0.3, -0.25) is 0 Å². The van der Waals surface area contributed by atoms with Gasteiger partial charge in [0, 0.05) is 13.2 Å². The van der Waals surface area contributed by atoms with Gasteiger partial charge in [0.15, 0.2) is 0 Å². The van der Waals surface area contributed by atoms with Crippen LogP contribution in [-0.4, -0.2) is 24.8 Å². The molecule has 0 saturated heterocycles. The van der Waals surface area contributed by atoms with Gasteiger partial charge in [-0.15, -0.1) is 0 Å². The van der Waals surface area contributed by atoms with Crippen LogP contribution in [0.2, 0.25) is 0 Å².